The molecule has 0 aromatic heterocycles. The molecule has 0 aliphatic heterocycles. The summed E-state index contributed by atoms with van der Waals surface area (Å²) in [5, 5.41) is 3.07. The Balaban J connectivity index is 1.90. The fourth-order valence-electron chi connectivity index (χ4n) is 4.78. The van der Waals surface area contributed by atoms with Crippen LogP contribution in [0.25, 0.3) is 0 Å². The van der Waals surface area contributed by atoms with Crippen LogP contribution in [0.2, 0.25) is 0 Å². The maximum Gasteiger partial charge on any atom is 0.243 e. The zero-order chi connectivity index (χ0) is 31.1. The molecule has 3 aromatic rings. The van der Waals surface area contributed by atoms with E-state index >= 15 is 0 Å². The van der Waals surface area contributed by atoms with Crippen LogP contribution in [-0.4, -0.2) is 49.5 Å². The van der Waals surface area contributed by atoms with E-state index in [4.69, 9.17) is 0 Å². The number of carbonyl (C=O) groups excluding carboxylic acids is 2. The quantitative estimate of drug-likeness (QED) is 0.292. The van der Waals surface area contributed by atoms with Gasteiger partial charge in [0.1, 0.15) is 6.04 Å². The number of nitrogens with one attached hydrogen (secondary N) is 1. The maximum atomic E-state index is 14.0. The third-order valence-corrected chi connectivity index (χ3v) is 8.37. The summed E-state index contributed by atoms with van der Waals surface area (Å²) in [5.41, 5.74) is 5.15. The summed E-state index contributed by atoms with van der Waals surface area (Å²) in [7, 11) is -3.56. The van der Waals surface area contributed by atoms with Gasteiger partial charge >= 0.3 is 0 Å². The Kier molecular flexibility index (Phi) is 11.0. The summed E-state index contributed by atoms with van der Waals surface area (Å²) in [6.45, 7) is 12.1. The van der Waals surface area contributed by atoms with E-state index in [-0.39, 0.29) is 31.3 Å². The summed E-state index contributed by atoms with van der Waals surface area (Å²) in [6, 6.07) is 22.4. The Morgan fingerprint density at radius 1 is 0.857 bits per heavy atom. The first kappa shape index (κ1) is 32.9. The second-order valence-electron chi connectivity index (χ2n) is 12.2. The molecular formula is C34H45N3O4S. The average molecular weight is 592 g/mol. The van der Waals surface area contributed by atoms with Crippen molar-refractivity contribution in [1.29, 1.82) is 0 Å². The normalized spacial score (nSPS) is 12.5. The van der Waals surface area contributed by atoms with Gasteiger partial charge in [-0.05, 0) is 82.3 Å². The summed E-state index contributed by atoms with van der Waals surface area (Å²) < 4.78 is 26.8. The van der Waals surface area contributed by atoms with Crippen molar-refractivity contribution < 1.29 is 18.0 Å². The van der Waals surface area contributed by atoms with Crippen molar-refractivity contribution in [3.8, 4) is 0 Å². The number of anilines is 1. The molecule has 7 nitrogen and oxygen atoms in total. The number of hydrogen-bond donors (Lipinski definition) is 1. The molecule has 3 aromatic carbocycles. The number of amides is 2. The third kappa shape index (κ3) is 9.72. The van der Waals surface area contributed by atoms with Crippen LogP contribution in [0.3, 0.4) is 0 Å². The molecule has 0 aliphatic rings. The van der Waals surface area contributed by atoms with Crippen LogP contribution in [-0.2, 0) is 32.6 Å². The van der Waals surface area contributed by atoms with Crippen LogP contribution in [0.4, 0.5) is 5.69 Å². The van der Waals surface area contributed by atoms with Gasteiger partial charge < -0.3 is 10.2 Å². The molecule has 0 aliphatic carbocycles. The molecule has 1 N–H and O–H groups in total. The lowest BCUT2D eigenvalue weighted by molar-refractivity contribution is -0.142. The van der Waals surface area contributed by atoms with Crippen LogP contribution in [0.5, 0.6) is 0 Å². The molecular weight excluding hydrogens is 546 g/mol. The zero-order valence-corrected chi connectivity index (χ0v) is 26.8. The third-order valence-electron chi connectivity index (χ3n) is 7.17. The number of benzene rings is 3. The highest BCUT2D eigenvalue weighted by Gasteiger charge is 2.32. The van der Waals surface area contributed by atoms with Crippen molar-refractivity contribution in [3.05, 3.63) is 101 Å². The summed E-state index contributed by atoms with van der Waals surface area (Å²) in [4.78, 5) is 29.3. The van der Waals surface area contributed by atoms with E-state index in [1.165, 1.54) is 10.6 Å². The van der Waals surface area contributed by atoms with Gasteiger partial charge in [-0.25, -0.2) is 8.42 Å². The van der Waals surface area contributed by atoms with Gasteiger partial charge in [-0.3, -0.25) is 13.9 Å². The van der Waals surface area contributed by atoms with Gasteiger partial charge in [0.15, 0.2) is 0 Å². The van der Waals surface area contributed by atoms with Gasteiger partial charge in [-0.2, -0.15) is 0 Å². The molecule has 2 amide bonds. The highest BCUT2D eigenvalue weighted by Crippen LogP contribution is 2.23. The van der Waals surface area contributed by atoms with Crippen molar-refractivity contribution in [2.75, 3.05) is 17.1 Å². The van der Waals surface area contributed by atoms with Crippen LogP contribution < -0.4 is 9.62 Å². The first-order valence-electron chi connectivity index (χ1n) is 14.4. The van der Waals surface area contributed by atoms with E-state index in [1.807, 2.05) is 108 Å². The number of carbonyl (C=O) groups is 2. The molecule has 226 valence electrons. The van der Waals surface area contributed by atoms with E-state index < -0.39 is 21.6 Å². The molecule has 0 unspecified atom stereocenters. The minimum absolute atomic E-state index is 0.0941. The minimum Gasteiger partial charge on any atom is -0.350 e. The molecule has 0 saturated carbocycles. The number of nitrogens with zero attached hydrogens (tertiary/aromatic N) is 2. The molecule has 0 fully saturated rings. The molecule has 0 bridgehead atoms. The Labute approximate surface area is 252 Å². The number of rotatable bonds is 12. The highest BCUT2D eigenvalue weighted by atomic mass is 32.2. The Hall–Kier alpha value is -3.65. The lowest BCUT2D eigenvalue weighted by Gasteiger charge is -2.34. The fourth-order valence-corrected chi connectivity index (χ4v) is 5.74. The smallest absolute Gasteiger partial charge is 0.243 e. The van der Waals surface area contributed by atoms with E-state index in [9.17, 15) is 18.0 Å². The van der Waals surface area contributed by atoms with Crippen molar-refractivity contribution in [2.24, 2.45) is 0 Å². The molecule has 0 heterocycles. The zero-order valence-electron chi connectivity index (χ0n) is 26.0. The topological polar surface area (TPSA) is 86.8 Å². The molecule has 0 saturated heterocycles. The van der Waals surface area contributed by atoms with Gasteiger partial charge in [0, 0.05) is 31.5 Å². The lowest BCUT2D eigenvalue weighted by atomic mass is 10.00. The van der Waals surface area contributed by atoms with Crippen molar-refractivity contribution in [2.45, 2.75) is 78.9 Å². The van der Waals surface area contributed by atoms with E-state index in [2.05, 4.69) is 5.32 Å². The molecule has 3 rings (SSSR count). The minimum atomic E-state index is -3.56. The van der Waals surface area contributed by atoms with Crippen LogP contribution in [0.15, 0.2) is 72.8 Å². The van der Waals surface area contributed by atoms with E-state index in [1.54, 1.807) is 11.0 Å². The predicted molar refractivity (Wildman–Crippen MR) is 171 cm³/mol. The summed E-state index contributed by atoms with van der Waals surface area (Å²) in [6.07, 6.45) is 1.94. The van der Waals surface area contributed by atoms with Crippen LogP contribution in [0, 0.1) is 20.8 Å². The average Bonchev–Trinajstić information content (AvgIpc) is 2.90. The van der Waals surface area contributed by atoms with Crippen LogP contribution in [0.1, 0.15) is 61.4 Å². The molecule has 8 heteroatoms. The Bertz CT molecular complexity index is 1460. The predicted octanol–water partition coefficient (Wildman–Crippen LogP) is 5.71. The lowest BCUT2D eigenvalue weighted by Crippen LogP contribution is -2.54. The molecule has 0 spiro atoms. The maximum absolute atomic E-state index is 14.0. The van der Waals surface area contributed by atoms with Crippen LogP contribution >= 0.6 is 0 Å². The molecule has 42 heavy (non-hydrogen) atoms. The van der Waals surface area contributed by atoms with Gasteiger partial charge in [0.25, 0.3) is 0 Å². The Morgan fingerprint density at radius 3 is 2.07 bits per heavy atom. The second kappa shape index (κ2) is 14.0. The highest BCUT2D eigenvalue weighted by molar-refractivity contribution is 7.92. The first-order valence-corrected chi connectivity index (χ1v) is 16.2. The van der Waals surface area contributed by atoms with Crippen molar-refractivity contribution >= 4 is 27.5 Å². The number of hydrogen-bond acceptors (Lipinski definition) is 4. The monoisotopic (exact) mass is 591 g/mol. The molecule has 1 atom stereocenters. The SMILES string of the molecule is Cc1ccc(CN(C(=O)CCCN(c2ccc(C)c(C)c2)S(C)(=O)=O)[C@@H](Cc2ccccc2)C(=O)NC(C)(C)C)cc1. The second-order valence-corrected chi connectivity index (χ2v) is 14.1. The van der Waals surface area contributed by atoms with Gasteiger partial charge in [-0.15, -0.1) is 0 Å². The summed E-state index contributed by atoms with van der Waals surface area (Å²) >= 11 is 0. The Morgan fingerprint density at radius 2 is 1.50 bits per heavy atom. The number of sulfonamides is 1. The molecule has 0 radical (unpaired) electrons. The fraction of sp³-hybridized carbons (Fsp3) is 0.412. The first-order chi connectivity index (χ1) is 19.6. The van der Waals surface area contributed by atoms with E-state index in [0.717, 1.165) is 27.8 Å². The number of aryl methyl sites for hydroxylation is 3. The van der Waals surface area contributed by atoms with Crippen molar-refractivity contribution in [1.82, 2.24) is 10.2 Å². The standard InChI is InChI=1S/C34H45N3O4S/c1-25-15-18-29(19-16-25)24-36(31(33(39)35-34(4,5)6)23-28-12-9-8-10-13-28)32(38)14-11-21-37(42(7,40)41)30-20-17-26(2)27(3)22-30/h8-10,12-13,15-20,22,31H,11,14,21,23-24H2,1-7H3,(H,35,39)/t31-/m0/s1. The van der Waals surface area contributed by atoms with E-state index in [0.29, 0.717) is 18.5 Å². The van der Waals surface area contributed by atoms with Gasteiger partial charge in [0.05, 0.1) is 11.9 Å². The van der Waals surface area contributed by atoms with Gasteiger partial charge in [-0.1, -0.05) is 66.2 Å². The summed E-state index contributed by atoms with van der Waals surface area (Å²) in [5.74, 6) is -0.422. The largest absolute Gasteiger partial charge is 0.350 e. The van der Waals surface area contributed by atoms with Gasteiger partial charge in [0.2, 0.25) is 21.8 Å². The van der Waals surface area contributed by atoms with Crippen molar-refractivity contribution in [3.63, 3.8) is 0 Å².